The molecule has 3 heteroatoms. The topological polar surface area (TPSA) is 43.4 Å². The van der Waals surface area contributed by atoms with Crippen LogP contribution < -0.4 is 0 Å². The van der Waals surface area contributed by atoms with Gasteiger partial charge >= 0.3 is 5.97 Å². The Morgan fingerprint density at radius 1 is 0.913 bits per heavy atom. The van der Waals surface area contributed by atoms with E-state index in [1.165, 1.54) is 0 Å². The first-order valence-electron chi connectivity index (χ1n) is 7.78. The number of ketones is 1. The molecule has 0 aliphatic carbocycles. The van der Waals surface area contributed by atoms with Gasteiger partial charge in [-0.2, -0.15) is 0 Å². The van der Waals surface area contributed by atoms with Gasteiger partial charge in [-0.15, -0.1) is 0 Å². The maximum atomic E-state index is 12.1. The number of fused-ring (bicyclic) bond motifs is 1. The molecule has 0 atom stereocenters. The van der Waals surface area contributed by atoms with Crippen molar-refractivity contribution in [2.24, 2.45) is 0 Å². The smallest absolute Gasteiger partial charge is 0.338 e. The van der Waals surface area contributed by atoms with Crippen molar-refractivity contribution >= 4 is 22.5 Å². The average Bonchev–Trinajstić information content (AvgIpc) is 2.53. The van der Waals surface area contributed by atoms with Crippen molar-refractivity contribution in [1.82, 2.24) is 0 Å². The standard InChI is InChI=1S/C20H22O3/c1-14(15(2)12-16(3)21)10-11-23-20(22)19-9-8-17-6-4-5-7-18(17)13-19/h4-9,13H,10-12H2,1-3H3/b15-14-. The average molecular weight is 310 g/mol. The molecule has 2 aromatic carbocycles. The highest BCUT2D eigenvalue weighted by atomic mass is 16.5. The van der Waals surface area contributed by atoms with Crippen molar-refractivity contribution in [2.75, 3.05) is 6.61 Å². The van der Waals surface area contributed by atoms with Crippen LogP contribution in [0.2, 0.25) is 0 Å². The molecule has 0 aliphatic heterocycles. The lowest BCUT2D eigenvalue weighted by atomic mass is 10.0. The number of Topliss-reactive ketones (excluding diaryl/α,β-unsaturated/α-hetero) is 1. The number of carbonyl (C=O) groups is 2. The highest BCUT2D eigenvalue weighted by Gasteiger charge is 2.08. The first-order valence-corrected chi connectivity index (χ1v) is 7.78. The molecule has 2 aromatic rings. The fraction of sp³-hybridized carbons (Fsp3) is 0.300. The van der Waals surface area contributed by atoms with Crippen molar-refractivity contribution in [3.05, 3.63) is 59.2 Å². The van der Waals surface area contributed by atoms with Crippen molar-refractivity contribution < 1.29 is 14.3 Å². The maximum Gasteiger partial charge on any atom is 0.338 e. The van der Waals surface area contributed by atoms with Crippen LogP contribution in [0.15, 0.2) is 53.6 Å². The van der Waals surface area contributed by atoms with Crippen LogP contribution in [-0.4, -0.2) is 18.4 Å². The van der Waals surface area contributed by atoms with Crippen LogP contribution in [0.4, 0.5) is 0 Å². The summed E-state index contributed by atoms with van der Waals surface area (Å²) >= 11 is 0. The lowest BCUT2D eigenvalue weighted by Crippen LogP contribution is -2.07. The molecule has 0 saturated carbocycles. The zero-order valence-corrected chi connectivity index (χ0v) is 13.9. The number of allylic oxidation sites excluding steroid dienone is 1. The Morgan fingerprint density at radius 3 is 2.30 bits per heavy atom. The van der Waals surface area contributed by atoms with Crippen LogP contribution in [0.1, 0.15) is 44.0 Å². The summed E-state index contributed by atoms with van der Waals surface area (Å²) in [4.78, 5) is 23.2. The number of ether oxygens (including phenoxy) is 1. The Hall–Kier alpha value is -2.42. The molecule has 2 rings (SSSR count). The first-order chi connectivity index (χ1) is 11.0. The van der Waals surface area contributed by atoms with E-state index in [2.05, 4.69) is 0 Å². The molecule has 0 spiro atoms. The van der Waals surface area contributed by atoms with E-state index in [-0.39, 0.29) is 11.8 Å². The monoisotopic (exact) mass is 310 g/mol. The summed E-state index contributed by atoms with van der Waals surface area (Å²) in [6, 6.07) is 13.5. The number of hydrogen-bond acceptors (Lipinski definition) is 3. The molecule has 0 bridgehead atoms. The highest BCUT2D eigenvalue weighted by Crippen LogP contribution is 2.17. The van der Waals surface area contributed by atoms with Crippen molar-refractivity contribution in [3.8, 4) is 0 Å². The number of rotatable bonds is 6. The van der Waals surface area contributed by atoms with Crippen molar-refractivity contribution in [2.45, 2.75) is 33.6 Å². The predicted molar refractivity (Wildman–Crippen MR) is 92.5 cm³/mol. The Balaban J connectivity index is 1.95. The van der Waals surface area contributed by atoms with Gasteiger partial charge in [0.05, 0.1) is 12.2 Å². The number of benzene rings is 2. The van der Waals surface area contributed by atoms with Crippen LogP contribution in [0.25, 0.3) is 10.8 Å². The molecule has 23 heavy (non-hydrogen) atoms. The minimum atomic E-state index is -0.312. The molecule has 0 amide bonds. The van der Waals surface area contributed by atoms with Gasteiger partial charge in [0.1, 0.15) is 5.78 Å². The van der Waals surface area contributed by atoms with E-state index in [0.29, 0.717) is 25.0 Å². The van der Waals surface area contributed by atoms with Crippen LogP contribution in [0.3, 0.4) is 0 Å². The number of carbonyl (C=O) groups excluding carboxylic acids is 2. The van der Waals surface area contributed by atoms with E-state index in [4.69, 9.17) is 4.74 Å². The Labute approximate surface area is 137 Å². The summed E-state index contributed by atoms with van der Waals surface area (Å²) in [5, 5.41) is 2.12. The molecule has 0 heterocycles. The quantitative estimate of drug-likeness (QED) is 0.573. The minimum Gasteiger partial charge on any atom is -0.462 e. The second kappa shape index (κ2) is 7.73. The Morgan fingerprint density at radius 2 is 1.61 bits per heavy atom. The normalized spacial score (nSPS) is 12.0. The van der Waals surface area contributed by atoms with Gasteiger partial charge in [0.15, 0.2) is 0 Å². The molecule has 0 unspecified atom stereocenters. The molecular weight excluding hydrogens is 288 g/mol. The second-order valence-electron chi connectivity index (χ2n) is 5.89. The molecule has 0 aliphatic rings. The molecule has 0 aromatic heterocycles. The van der Waals surface area contributed by atoms with Crippen molar-refractivity contribution in [1.29, 1.82) is 0 Å². The Kier molecular flexibility index (Phi) is 5.69. The Bertz CT molecular complexity index is 756. The molecule has 120 valence electrons. The zero-order chi connectivity index (χ0) is 16.8. The maximum absolute atomic E-state index is 12.1. The minimum absolute atomic E-state index is 0.148. The molecule has 0 N–H and O–H groups in total. The fourth-order valence-corrected chi connectivity index (χ4v) is 2.43. The third-order valence-electron chi connectivity index (χ3n) is 3.94. The van der Waals surface area contributed by atoms with Gasteiger partial charge in [-0.05, 0) is 43.7 Å². The molecule has 3 nitrogen and oxygen atoms in total. The van der Waals surface area contributed by atoms with Gasteiger partial charge in [0.2, 0.25) is 0 Å². The van der Waals surface area contributed by atoms with E-state index < -0.39 is 0 Å². The van der Waals surface area contributed by atoms with Crippen LogP contribution in [-0.2, 0) is 9.53 Å². The van der Waals surface area contributed by atoms with Gasteiger partial charge in [0, 0.05) is 12.8 Å². The summed E-state index contributed by atoms with van der Waals surface area (Å²) in [6.07, 6.45) is 1.11. The van der Waals surface area contributed by atoms with Gasteiger partial charge in [-0.3, -0.25) is 4.79 Å². The summed E-state index contributed by atoms with van der Waals surface area (Å²) in [6.45, 7) is 5.83. The van der Waals surface area contributed by atoms with Gasteiger partial charge in [-0.1, -0.05) is 41.5 Å². The molecule has 0 fully saturated rings. The summed E-state index contributed by atoms with van der Waals surface area (Å²) in [5.74, 6) is -0.164. The number of esters is 1. The molecule has 0 saturated heterocycles. The molecule has 0 radical (unpaired) electrons. The lowest BCUT2D eigenvalue weighted by Gasteiger charge is -2.08. The lowest BCUT2D eigenvalue weighted by molar-refractivity contribution is -0.116. The largest absolute Gasteiger partial charge is 0.462 e. The summed E-state index contributed by atoms with van der Waals surface area (Å²) in [5.41, 5.74) is 2.72. The highest BCUT2D eigenvalue weighted by molar-refractivity contribution is 5.95. The van der Waals surface area contributed by atoms with Gasteiger partial charge < -0.3 is 4.74 Å². The van der Waals surface area contributed by atoms with E-state index >= 15 is 0 Å². The summed E-state index contributed by atoms with van der Waals surface area (Å²) < 4.78 is 5.34. The predicted octanol–water partition coefficient (Wildman–Crippen LogP) is 4.70. The summed E-state index contributed by atoms with van der Waals surface area (Å²) in [7, 11) is 0. The van der Waals surface area contributed by atoms with Crippen LogP contribution in [0, 0.1) is 0 Å². The van der Waals surface area contributed by atoms with Crippen LogP contribution in [0.5, 0.6) is 0 Å². The van der Waals surface area contributed by atoms with E-state index in [1.807, 2.05) is 50.2 Å². The van der Waals surface area contributed by atoms with Gasteiger partial charge in [0.25, 0.3) is 0 Å². The van der Waals surface area contributed by atoms with Crippen LogP contribution >= 0.6 is 0 Å². The third-order valence-corrected chi connectivity index (χ3v) is 3.94. The fourth-order valence-electron chi connectivity index (χ4n) is 2.43. The van der Waals surface area contributed by atoms with Crippen molar-refractivity contribution in [3.63, 3.8) is 0 Å². The third kappa shape index (κ3) is 4.78. The van der Waals surface area contributed by atoms with Gasteiger partial charge in [-0.25, -0.2) is 4.79 Å². The SMILES string of the molecule is CC(=O)C/C(C)=C(/C)CCOC(=O)c1ccc2ccccc2c1. The van der Waals surface area contributed by atoms with E-state index in [0.717, 1.165) is 21.9 Å². The second-order valence-corrected chi connectivity index (χ2v) is 5.89. The number of hydrogen-bond donors (Lipinski definition) is 0. The van der Waals surface area contributed by atoms with E-state index in [1.54, 1.807) is 13.0 Å². The zero-order valence-electron chi connectivity index (χ0n) is 13.9. The molecular formula is C20H22O3. The first kappa shape index (κ1) is 16.9. The van der Waals surface area contributed by atoms with E-state index in [9.17, 15) is 9.59 Å².